The highest BCUT2D eigenvalue weighted by atomic mass is 35.5. The van der Waals surface area contributed by atoms with E-state index in [-0.39, 0.29) is 18.0 Å². The summed E-state index contributed by atoms with van der Waals surface area (Å²) in [5, 5.41) is 10.1. The molecule has 8 heteroatoms. The topological polar surface area (TPSA) is 61.4 Å². The van der Waals surface area contributed by atoms with Gasteiger partial charge >= 0.3 is 12.2 Å². The Morgan fingerprint density at radius 2 is 2.06 bits per heavy atom. The summed E-state index contributed by atoms with van der Waals surface area (Å²) in [6, 6.07) is 2.71. The molecule has 0 aliphatic carbocycles. The van der Waals surface area contributed by atoms with E-state index in [4.69, 9.17) is 16.8 Å². The van der Waals surface area contributed by atoms with E-state index in [0.717, 1.165) is 12.1 Å². The molecule has 18 heavy (non-hydrogen) atoms. The molecule has 0 spiro atoms. The van der Waals surface area contributed by atoms with Crippen LogP contribution >= 0.6 is 11.6 Å². The molecule has 0 bridgehead atoms. The number of hydrogen-bond acceptors (Lipinski definition) is 2. The molecule has 0 fully saturated rings. The van der Waals surface area contributed by atoms with Gasteiger partial charge in [-0.15, -0.1) is 0 Å². The molecular weight excluding hydrogens is 273 g/mol. The fourth-order valence-corrected chi connectivity index (χ4v) is 1.53. The molecular formula is C10H10ClF3N2O2. The van der Waals surface area contributed by atoms with E-state index >= 15 is 0 Å². The van der Waals surface area contributed by atoms with E-state index in [1.165, 1.54) is 11.5 Å². The molecule has 3 N–H and O–H groups in total. The largest absolute Gasteiger partial charge is 0.417 e. The molecule has 0 aliphatic heterocycles. The second kappa shape index (κ2) is 5.92. The molecule has 0 aromatic heterocycles. The summed E-state index contributed by atoms with van der Waals surface area (Å²) in [5.74, 6) is 0. The van der Waals surface area contributed by atoms with Crippen molar-refractivity contribution in [3.63, 3.8) is 0 Å². The second-order valence-electron chi connectivity index (χ2n) is 3.43. The summed E-state index contributed by atoms with van der Waals surface area (Å²) in [7, 11) is 0. The van der Waals surface area contributed by atoms with E-state index in [9.17, 15) is 18.0 Å². The molecule has 1 rings (SSSR count). The van der Waals surface area contributed by atoms with Crippen LogP contribution in [0.1, 0.15) is 11.1 Å². The maximum absolute atomic E-state index is 12.5. The van der Waals surface area contributed by atoms with Gasteiger partial charge in [0.25, 0.3) is 0 Å². The third kappa shape index (κ3) is 4.08. The fourth-order valence-electron chi connectivity index (χ4n) is 1.31. The van der Waals surface area contributed by atoms with Crippen molar-refractivity contribution in [3.05, 3.63) is 34.3 Å². The lowest BCUT2D eigenvalue weighted by molar-refractivity contribution is -0.137. The summed E-state index contributed by atoms with van der Waals surface area (Å²) in [6.07, 6.45) is -4.32. The van der Waals surface area contributed by atoms with Crippen molar-refractivity contribution in [2.45, 2.75) is 12.6 Å². The summed E-state index contributed by atoms with van der Waals surface area (Å²) in [6.45, 7) is 0.0886. The van der Waals surface area contributed by atoms with E-state index in [1.807, 2.05) is 0 Å². The van der Waals surface area contributed by atoms with Crippen molar-refractivity contribution in [1.29, 1.82) is 0 Å². The van der Waals surface area contributed by atoms with E-state index in [2.05, 4.69) is 5.32 Å². The van der Waals surface area contributed by atoms with Crippen LogP contribution in [-0.4, -0.2) is 17.8 Å². The van der Waals surface area contributed by atoms with Crippen LogP contribution in [0.4, 0.5) is 18.0 Å². The molecule has 0 unspecified atom stereocenters. The van der Waals surface area contributed by atoms with Crippen molar-refractivity contribution in [2.75, 3.05) is 6.54 Å². The van der Waals surface area contributed by atoms with Crippen molar-refractivity contribution >= 4 is 17.6 Å². The number of urea groups is 1. The molecule has 1 aromatic rings. The minimum atomic E-state index is -4.51. The van der Waals surface area contributed by atoms with Crippen LogP contribution < -0.4 is 10.8 Å². The monoisotopic (exact) mass is 282 g/mol. The molecule has 0 saturated carbocycles. The number of benzene rings is 1. The van der Waals surface area contributed by atoms with Crippen LogP contribution in [0, 0.1) is 0 Å². The van der Waals surface area contributed by atoms with Crippen LogP contribution in [0.2, 0.25) is 5.02 Å². The highest BCUT2D eigenvalue weighted by Gasteiger charge is 2.33. The number of hydrogen-bond donors (Lipinski definition) is 3. The predicted octanol–water partition coefficient (Wildman–Crippen LogP) is 2.59. The minimum Gasteiger partial charge on any atom is -0.336 e. The normalized spacial score (nSPS) is 11.2. The lowest BCUT2D eigenvalue weighted by Gasteiger charge is -2.11. The van der Waals surface area contributed by atoms with E-state index < -0.39 is 17.8 Å². The van der Waals surface area contributed by atoms with Gasteiger partial charge in [0.1, 0.15) is 0 Å². The van der Waals surface area contributed by atoms with Gasteiger partial charge in [-0.25, -0.2) is 10.3 Å². The number of halogens is 4. The molecule has 2 amide bonds. The van der Waals surface area contributed by atoms with Gasteiger partial charge < -0.3 is 5.32 Å². The van der Waals surface area contributed by atoms with E-state index in [1.54, 1.807) is 0 Å². The van der Waals surface area contributed by atoms with Crippen LogP contribution in [0.3, 0.4) is 0 Å². The zero-order valence-electron chi connectivity index (χ0n) is 9.01. The average Bonchev–Trinajstić information content (AvgIpc) is 2.29. The summed E-state index contributed by atoms with van der Waals surface area (Å²) in [4.78, 5) is 10.6. The smallest absolute Gasteiger partial charge is 0.336 e. The Morgan fingerprint density at radius 1 is 1.39 bits per heavy atom. The SMILES string of the molecule is O=C(NO)NCCc1ccc(Cl)c(C(F)(F)F)c1. The first-order valence-electron chi connectivity index (χ1n) is 4.88. The Bertz CT molecular complexity index is 438. The maximum atomic E-state index is 12.5. The van der Waals surface area contributed by atoms with Gasteiger partial charge in [0.05, 0.1) is 10.6 Å². The highest BCUT2D eigenvalue weighted by Crippen LogP contribution is 2.35. The number of rotatable bonds is 3. The summed E-state index contributed by atoms with van der Waals surface area (Å²) in [5.41, 5.74) is 0.815. The van der Waals surface area contributed by atoms with Gasteiger partial charge in [0, 0.05) is 6.54 Å². The number of hydroxylamine groups is 1. The highest BCUT2D eigenvalue weighted by molar-refractivity contribution is 6.31. The number of carbonyl (C=O) groups excluding carboxylic acids is 1. The van der Waals surface area contributed by atoms with E-state index in [0.29, 0.717) is 5.56 Å². The Hall–Kier alpha value is -1.47. The first-order valence-corrected chi connectivity index (χ1v) is 5.26. The van der Waals surface area contributed by atoms with Gasteiger partial charge in [-0.2, -0.15) is 13.2 Å². The Labute approximate surface area is 106 Å². The van der Waals surface area contributed by atoms with Gasteiger partial charge in [-0.1, -0.05) is 17.7 Å². The third-order valence-electron chi connectivity index (χ3n) is 2.14. The second-order valence-corrected chi connectivity index (χ2v) is 3.84. The maximum Gasteiger partial charge on any atom is 0.417 e. The quantitative estimate of drug-likeness (QED) is 0.589. The fraction of sp³-hybridized carbons (Fsp3) is 0.300. The molecule has 0 atom stereocenters. The molecule has 0 saturated heterocycles. The number of nitrogens with one attached hydrogen (secondary N) is 2. The average molecular weight is 283 g/mol. The number of carbonyl (C=O) groups is 1. The Kier molecular flexibility index (Phi) is 4.80. The molecule has 0 heterocycles. The summed E-state index contributed by atoms with van der Waals surface area (Å²) >= 11 is 5.45. The van der Waals surface area contributed by atoms with Crippen molar-refractivity contribution < 1.29 is 23.2 Å². The molecule has 0 radical (unpaired) electrons. The molecule has 0 aliphatic rings. The third-order valence-corrected chi connectivity index (χ3v) is 2.47. The Morgan fingerprint density at radius 3 is 2.61 bits per heavy atom. The van der Waals surface area contributed by atoms with Gasteiger partial charge in [-0.3, -0.25) is 5.21 Å². The standard InChI is InChI=1S/C10H10ClF3N2O2/c11-8-2-1-6(3-4-15-9(17)16-18)5-7(8)10(12,13)14/h1-2,5,18H,3-4H2,(H2,15,16,17). The predicted molar refractivity (Wildman–Crippen MR) is 58.5 cm³/mol. The first-order chi connectivity index (χ1) is 8.34. The molecule has 100 valence electrons. The van der Waals surface area contributed by atoms with Crippen molar-refractivity contribution in [2.24, 2.45) is 0 Å². The van der Waals surface area contributed by atoms with Crippen LogP contribution in [0.5, 0.6) is 0 Å². The zero-order valence-corrected chi connectivity index (χ0v) is 9.77. The molecule has 4 nitrogen and oxygen atoms in total. The number of alkyl halides is 3. The summed E-state index contributed by atoms with van der Waals surface area (Å²) < 4.78 is 37.6. The zero-order chi connectivity index (χ0) is 13.8. The van der Waals surface area contributed by atoms with Gasteiger partial charge in [-0.05, 0) is 24.1 Å². The lowest BCUT2D eigenvalue weighted by atomic mass is 10.1. The van der Waals surface area contributed by atoms with Crippen LogP contribution in [0.15, 0.2) is 18.2 Å². The number of amides is 2. The van der Waals surface area contributed by atoms with Crippen molar-refractivity contribution in [3.8, 4) is 0 Å². The van der Waals surface area contributed by atoms with Crippen LogP contribution in [-0.2, 0) is 12.6 Å². The Balaban J connectivity index is 2.71. The minimum absolute atomic E-state index is 0.0886. The van der Waals surface area contributed by atoms with Gasteiger partial charge in [0.2, 0.25) is 0 Å². The van der Waals surface area contributed by atoms with Gasteiger partial charge in [0.15, 0.2) is 0 Å². The van der Waals surface area contributed by atoms with Crippen LogP contribution in [0.25, 0.3) is 0 Å². The first kappa shape index (κ1) is 14.6. The molecule has 1 aromatic carbocycles. The lowest BCUT2D eigenvalue weighted by Crippen LogP contribution is -2.34. The van der Waals surface area contributed by atoms with Crippen molar-refractivity contribution in [1.82, 2.24) is 10.8 Å².